The van der Waals surface area contributed by atoms with Gasteiger partial charge >= 0.3 is 11.9 Å². The molecule has 0 aliphatic rings. The van der Waals surface area contributed by atoms with E-state index in [0.29, 0.717) is 108 Å². The molecule has 0 aliphatic carbocycles. The van der Waals surface area contributed by atoms with Crippen molar-refractivity contribution < 1.29 is 74.1 Å². The number of carboxylic acid groups (broad SMARTS) is 1. The number of halogens is 1. The molecule has 59 heavy (non-hydrogen) atoms. The van der Waals surface area contributed by atoms with Gasteiger partial charge in [0.25, 0.3) is 0 Å². The van der Waals surface area contributed by atoms with E-state index in [1.807, 2.05) is 0 Å². The fourth-order valence-corrected chi connectivity index (χ4v) is 5.10. The van der Waals surface area contributed by atoms with Crippen LogP contribution in [-0.4, -0.2) is 162 Å². The van der Waals surface area contributed by atoms with Crippen LogP contribution in [0.4, 0.5) is 11.4 Å². The average molecular weight is 986 g/mol. The number of alkyl halides is 1. The standard InChI is InChI=1S/C18H29NO8S2.C10H21BrO6S2.C7H7NO2.CH4/c1-22-29(21,28)15-14-26-11-10-24-7-6-23-8-9-25-12-13-27-18(20)16-2-4-17(19)5-3-16;1-13-19(12,18)9-8-16-5-4-14-2-3-15-6-7-17-10-11;8-6-3-1-5(2-4-6)7(9)10;/h2-5H,6-15,19H2,1H3;2-10H2,1H3;1-4H,8H2,(H,9,10);1H4. The van der Waals surface area contributed by atoms with Crippen LogP contribution in [0, 0.1) is 0 Å². The number of anilines is 2. The first-order valence-corrected chi connectivity index (χ1v) is 23.9. The summed E-state index contributed by atoms with van der Waals surface area (Å²) in [4.78, 5) is 22.0. The van der Waals surface area contributed by atoms with Crippen LogP contribution in [0.15, 0.2) is 48.5 Å². The van der Waals surface area contributed by atoms with E-state index in [1.165, 1.54) is 26.4 Å². The fourth-order valence-electron chi connectivity index (χ4n) is 3.49. The van der Waals surface area contributed by atoms with Gasteiger partial charge in [0.2, 0.25) is 0 Å². The molecule has 0 spiro atoms. The molecule has 5 N–H and O–H groups in total. The van der Waals surface area contributed by atoms with Crippen LogP contribution in [0.2, 0.25) is 0 Å². The molecule has 342 valence electrons. The van der Waals surface area contributed by atoms with E-state index in [-0.39, 0.29) is 44.3 Å². The summed E-state index contributed by atoms with van der Waals surface area (Å²) in [5, 5.41) is 8.43. The summed E-state index contributed by atoms with van der Waals surface area (Å²) in [5.41, 5.74) is 13.3. The molecule has 23 heteroatoms. The molecular formula is C36H61BrN2O16S4. The van der Waals surface area contributed by atoms with Crippen LogP contribution < -0.4 is 11.5 Å². The molecule has 2 aromatic rings. The molecule has 0 aromatic heterocycles. The molecule has 0 amide bonds. The number of ether oxygens (including phenoxy) is 9. The van der Waals surface area contributed by atoms with Gasteiger partial charge in [0, 0.05) is 33.8 Å². The Kier molecular flexibility index (Phi) is 38.6. The topological polar surface area (TPSA) is 242 Å². The number of nitrogens with two attached hydrogens (primary N) is 2. The Morgan fingerprint density at radius 1 is 0.542 bits per heavy atom. The smallest absolute Gasteiger partial charge is 0.338 e. The van der Waals surface area contributed by atoms with Crippen LogP contribution in [-0.2, 0) is 90.9 Å². The molecule has 0 fully saturated rings. The zero-order valence-corrected chi connectivity index (χ0v) is 37.6. The van der Waals surface area contributed by atoms with Gasteiger partial charge in [0.05, 0.1) is 136 Å². The normalized spacial score (nSPS) is 12.7. The molecule has 2 atom stereocenters. The lowest BCUT2D eigenvalue weighted by atomic mass is 10.2. The quantitative estimate of drug-likeness (QED) is 0.0413. The van der Waals surface area contributed by atoms with Gasteiger partial charge in [0.15, 0.2) is 0 Å². The molecule has 0 bridgehead atoms. The highest BCUT2D eigenvalue weighted by atomic mass is 79.9. The largest absolute Gasteiger partial charge is 0.478 e. The lowest BCUT2D eigenvalue weighted by Gasteiger charge is -2.08. The first kappa shape index (κ1) is 58.9. The number of carboxylic acids is 1. The Balaban J connectivity index is 0. The van der Waals surface area contributed by atoms with Gasteiger partial charge in [-0.25, -0.2) is 18.0 Å². The van der Waals surface area contributed by atoms with Crippen LogP contribution >= 0.6 is 15.9 Å². The number of hydrogen-bond acceptors (Lipinski definition) is 19. The van der Waals surface area contributed by atoms with E-state index >= 15 is 0 Å². The van der Waals surface area contributed by atoms with Crippen LogP contribution in [0.3, 0.4) is 0 Å². The van der Waals surface area contributed by atoms with Crippen LogP contribution in [0.25, 0.3) is 0 Å². The maximum atomic E-state index is 11.7. The summed E-state index contributed by atoms with van der Waals surface area (Å²) in [6.07, 6.45) is 0. The first-order valence-electron chi connectivity index (χ1n) is 17.6. The number of esters is 1. The van der Waals surface area contributed by atoms with Crippen molar-refractivity contribution in [1.29, 1.82) is 0 Å². The second-order valence-corrected chi connectivity index (χ2v) is 18.1. The van der Waals surface area contributed by atoms with Gasteiger partial charge in [-0.2, -0.15) is 0 Å². The third-order valence-electron chi connectivity index (χ3n) is 6.54. The number of aromatic carboxylic acids is 1. The minimum Gasteiger partial charge on any atom is -0.478 e. The molecular weight excluding hydrogens is 925 g/mol. The summed E-state index contributed by atoms with van der Waals surface area (Å²) in [7, 11) is -2.59. The van der Waals surface area contributed by atoms with E-state index in [0.717, 1.165) is 0 Å². The van der Waals surface area contributed by atoms with E-state index in [9.17, 15) is 18.0 Å². The average Bonchev–Trinajstić information content (AvgIpc) is 3.20. The zero-order valence-electron chi connectivity index (χ0n) is 32.8. The van der Waals surface area contributed by atoms with Crippen molar-refractivity contribution in [2.75, 3.05) is 148 Å². The highest BCUT2D eigenvalue weighted by molar-refractivity contribution is 9.09. The summed E-state index contributed by atoms with van der Waals surface area (Å²) in [6.45, 7) is 6.52. The van der Waals surface area contributed by atoms with Crippen LogP contribution in [0.1, 0.15) is 28.1 Å². The summed E-state index contributed by atoms with van der Waals surface area (Å²) in [6, 6.07) is 12.6. The minimum absolute atomic E-state index is 0. The number of hydrogen-bond donors (Lipinski definition) is 3. The van der Waals surface area contributed by atoms with Crippen molar-refractivity contribution in [3.8, 4) is 0 Å². The molecule has 0 saturated carbocycles. The lowest BCUT2D eigenvalue weighted by molar-refractivity contribution is -0.00797. The molecule has 0 saturated heterocycles. The second-order valence-electron chi connectivity index (χ2n) is 10.8. The van der Waals surface area contributed by atoms with Crippen molar-refractivity contribution in [3.63, 3.8) is 0 Å². The summed E-state index contributed by atoms with van der Waals surface area (Å²) < 4.78 is 79.1. The van der Waals surface area contributed by atoms with Crippen molar-refractivity contribution >= 4 is 79.2 Å². The highest BCUT2D eigenvalue weighted by Gasteiger charge is 2.07. The predicted octanol–water partition coefficient (Wildman–Crippen LogP) is 3.12. The lowest BCUT2D eigenvalue weighted by Crippen LogP contribution is -2.16. The SMILES string of the molecule is C.COS(=O)(=S)CCOCCOCCOCCOCBr.COS(=O)(=S)CCOCCOCCOCCOCCOC(=O)c1ccc(N)cc1.Nc1ccc(C(=O)O)cc1. The Morgan fingerprint density at radius 3 is 1.14 bits per heavy atom. The Morgan fingerprint density at radius 2 is 0.831 bits per heavy atom. The molecule has 0 radical (unpaired) electrons. The van der Waals surface area contributed by atoms with E-state index < -0.39 is 29.5 Å². The van der Waals surface area contributed by atoms with Gasteiger partial charge in [-0.05, 0) is 48.5 Å². The van der Waals surface area contributed by atoms with E-state index in [4.69, 9.17) is 70.4 Å². The zero-order chi connectivity index (χ0) is 43.3. The third-order valence-corrected chi connectivity index (χ3v) is 11.0. The molecule has 2 unspecified atom stereocenters. The predicted molar refractivity (Wildman–Crippen MR) is 236 cm³/mol. The molecule has 18 nitrogen and oxygen atoms in total. The van der Waals surface area contributed by atoms with Crippen molar-refractivity contribution in [2.24, 2.45) is 0 Å². The summed E-state index contributed by atoms with van der Waals surface area (Å²) in [5.74, 6) is -0.944. The molecule has 2 rings (SSSR count). The van der Waals surface area contributed by atoms with Gasteiger partial charge in [-0.1, -0.05) is 23.4 Å². The van der Waals surface area contributed by atoms with Crippen molar-refractivity contribution in [2.45, 2.75) is 7.43 Å². The number of nitrogen functional groups attached to an aromatic ring is 2. The second kappa shape index (κ2) is 38.7. The van der Waals surface area contributed by atoms with Crippen LogP contribution in [0.5, 0.6) is 0 Å². The van der Waals surface area contributed by atoms with Gasteiger partial charge in [-0.3, -0.25) is 8.37 Å². The maximum absolute atomic E-state index is 11.7. The van der Waals surface area contributed by atoms with E-state index in [1.54, 1.807) is 36.4 Å². The van der Waals surface area contributed by atoms with Gasteiger partial charge < -0.3 is 59.2 Å². The number of benzene rings is 2. The van der Waals surface area contributed by atoms with Crippen molar-refractivity contribution in [1.82, 2.24) is 0 Å². The number of carbonyl (C=O) groups is 2. The van der Waals surface area contributed by atoms with Gasteiger partial charge in [-0.15, -0.1) is 0 Å². The van der Waals surface area contributed by atoms with E-state index in [2.05, 4.69) is 35.5 Å². The summed E-state index contributed by atoms with van der Waals surface area (Å²) >= 11 is 12.5. The number of carbonyl (C=O) groups excluding carboxylic acids is 1. The Bertz CT molecular complexity index is 1540. The Hall–Kier alpha value is -2.20. The third kappa shape index (κ3) is 37.3. The number of rotatable bonds is 32. The minimum atomic E-state index is -2.65. The fraction of sp³-hybridized carbons (Fsp3) is 0.611. The monoisotopic (exact) mass is 984 g/mol. The maximum Gasteiger partial charge on any atom is 0.338 e. The molecule has 0 aliphatic heterocycles. The molecule has 2 aromatic carbocycles. The molecule has 0 heterocycles. The van der Waals surface area contributed by atoms with Gasteiger partial charge in [0.1, 0.15) is 29.7 Å². The Labute approximate surface area is 367 Å². The first-order chi connectivity index (χ1) is 27.8. The van der Waals surface area contributed by atoms with Crippen molar-refractivity contribution in [3.05, 3.63) is 59.7 Å². The highest BCUT2D eigenvalue weighted by Crippen LogP contribution is 2.07.